The number of thioether (sulfide) groups is 2. The van der Waals surface area contributed by atoms with Gasteiger partial charge >= 0.3 is 5.97 Å². The summed E-state index contributed by atoms with van der Waals surface area (Å²) in [5.74, 6) is 0.314. The van der Waals surface area contributed by atoms with Gasteiger partial charge in [0.1, 0.15) is 0 Å². The molecule has 0 atom stereocenters. The van der Waals surface area contributed by atoms with E-state index in [4.69, 9.17) is 4.84 Å². The monoisotopic (exact) mass is 385 g/mol. The molecular formula is C19H15NO4S2. The second kappa shape index (κ2) is 7.17. The van der Waals surface area contributed by atoms with E-state index in [1.807, 2.05) is 35.7 Å². The van der Waals surface area contributed by atoms with Gasteiger partial charge in [0.25, 0.3) is 11.8 Å². The third kappa shape index (κ3) is 3.12. The lowest BCUT2D eigenvalue weighted by molar-refractivity contribution is -0.0584. The van der Waals surface area contributed by atoms with Crippen LogP contribution >= 0.6 is 23.5 Å². The molecule has 7 heteroatoms. The van der Waals surface area contributed by atoms with Crippen LogP contribution in [0.4, 0.5) is 0 Å². The van der Waals surface area contributed by atoms with Crippen LogP contribution in [0.15, 0.2) is 48.5 Å². The molecule has 2 aliphatic heterocycles. The maximum atomic E-state index is 12.4. The Balaban J connectivity index is 1.47. The van der Waals surface area contributed by atoms with Crippen LogP contribution in [0.5, 0.6) is 0 Å². The SMILES string of the molecule is O=C(ON1C(=O)c2ccccc2C1=O)c1ccc(C2SCCCS2)cc1. The van der Waals surface area contributed by atoms with Crippen molar-refractivity contribution in [2.24, 2.45) is 0 Å². The predicted molar refractivity (Wildman–Crippen MR) is 101 cm³/mol. The molecule has 0 aromatic heterocycles. The van der Waals surface area contributed by atoms with E-state index in [-0.39, 0.29) is 11.1 Å². The van der Waals surface area contributed by atoms with E-state index >= 15 is 0 Å². The van der Waals surface area contributed by atoms with Crippen LogP contribution in [0.1, 0.15) is 47.6 Å². The summed E-state index contributed by atoms with van der Waals surface area (Å²) in [6, 6.07) is 13.5. The fourth-order valence-corrected chi connectivity index (χ4v) is 5.74. The first-order chi connectivity index (χ1) is 12.6. The topological polar surface area (TPSA) is 63.7 Å². The second-order valence-electron chi connectivity index (χ2n) is 5.88. The third-order valence-corrected chi connectivity index (χ3v) is 7.19. The number of carbonyl (C=O) groups is 3. The maximum Gasteiger partial charge on any atom is 0.363 e. The number of fused-ring (bicyclic) bond motifs is 1. The molecule has 26 heavy (non-hydrogen) atoms. The highest BCUT2D eigenvalue weighted by Gasteiger charge is 2.38. The second-order valence-corrected chi connectivity index (χ2v) is 8.60. The highest BCUT2D eigenvalue weighted by atomic mass is 32.2. The van der Waals surface area contributed by atoms with E-state index in [0.717, 1.165) is 17.1 Å². The summed E-state index contributed by atoms with van der Waals surface area (Å²) in [5.41, 5.74) is 1.94. The van der Waals surface area contributed by atoms with Crippen LogP contribution in [-0.4, -0.2) is 34.4 Å². The van der Waals surface area contributed by atoms with Crippen LogP contribution < -0.4 is 0 Å². The minimum atomic E-state index is -0.727. The molecule has 5 nitrogen and oxygen atoms in total. The molecule has 2 heterocycles. The molecule has 0 aliphatic carbocycles. The molecule has 0 N–H and O–H groups in total. The molecule has 0 bridgehead atoms. The van der Waals surface area contributed by atoms with Gasteiger partial charge < -0.3 is 4.84 Å². The van der Waals surface area contributed by atoms with Gasteiger partial charge in [0, 0.05) is 0 Å². The number of carbonyl (C=O) groups excluding carboxylic acids is 3. The van der Waals surface area contributed by atoms with Gasteiger partial charge in [-0.15, -0.1) is 23.5 Å². The minimum absolute atomic E-state index is 0.243. The Bertz CT molecular complexity index is 840. The van der Waals surface area contributed by atoms with Gasteiger partial charge in [-0.25, -0.2) is 4.79 Å². The first-order valence-corrected chi connectivity index (χ1v) is 10.3. The molecule has 0 saturated carbocycles. The molecule has 0 radical (unpaired) electrons. The summed E-state index contributed by atoms with van der Waals surface area (Å²) in [6.45, 7) is 0. The van der Waals surface area contributed by atoms with Crippen molar-refractivity contribution in [3.05, 3.63) is 70.8 Å². The van der Waals surface area contributed by atoms with Crippen molar-refractivity contribution >= 4 is 41.3 Å². The summed E-state index contributed by atoms with van der Waals surface area (Å²) in [5, 5.41) is 0.535. The zero-order valence-electron chi connectivity index (χ0n) is 13.7. The average molecular weight is 385 g/mol. The molecule has 0 unspecified atom stereocenters. The van der Waals surface area contributed by atoms with E-state index in [0.29, 0.717) is 15.2 Å². The van der Waals surface area contributed by atoms with Crippen molar-refractivity contribution in [1.82, 2.24) is 5.06 Å². The number of nitrogens with zero attached hydrogens (tertiary/aromatic N) is 1. The molecule has 1 fully saturated rings. The van der Waals surface area contributed by atoms with Crippen molar-refractivity contribution in [2.45, 2.75) is 11.0 Å². The highest BCUT2D eigenvalue weighted by Crippen LogP contribution is 2.43. The van der Waals surface area contributed by atoms with Crippen LogP contribution in [0, 0.1) is 0 Å². The largest absolute Gasteiger partial charge is 0.363 e. The molecule has 4 rings (SSSR count). The summed E-state index contributed by atoms with van der Waals surface area (Å²) in [7, 11) is 0. The Morgan fingerprint density at radius 2 is 1.50 bits per heavy atom. The lowest BCUT2D eigenvalue weighted by Gasteiger charge is -2.21. The van der Waals surface area contributed by atoms with Gasteiger partial charge in [-0.3, -0.25) is 9.59 Å². The molecule has 2 amide bonds. The van der Waals surface area contributed by atoms with Crippen LogP contribution in [-0.2, 0) is 4.84 Å². The number of imide groups is 1. The van der Waals surface area contributed by atoms with E-state index in [1.54, 1.807) is 24.3 Å². The van der Waals surface area contributed by atoms with Crippen LogP contribution in [0.2, 0.25) is 0 Å². The van der Waals surface area contributed by atoms with Crippen molar-refractivity contribution in [3.63, 3.8) is 0 Å². The smallest absolute Gasteiger partial charge is 0.324 e. The average Bonchev–Trinajstić information content (AvgIpc) is 2.94. The van der Waals surface area contributed by atoms with E-state index in [2.05, 4.69) is 0 Å². The fourth-order valence-electron chi connectivity index (χ4n) is 2.84. The fraction of sp³-hybridized carbons (Fsp3) is 0.211. The standard InChI is InChI=1S/C19H15NO4S2/c21-16-14-4-1-2-5-15(14)17(22)20(16)24-18(23)12-6-8-13(9-7-12)19-25-10-3-11-26-19/h1-2,4-9,19H,3,10-11H2. The van der Waals surface area contributed by atoms with Gasteiger partial charge in [-0.2, -0.15) is 0 Å². The molecular weight excluding hydrogens is 370 g/mol. The third-order valence-electron chi connectivity index (χ3n) is 4.18. The highest BCUT2D eigenvalue weighted by molar-refractivity contribution is 8.16. The maximum absolute atomic E-state index is 12.4. The number of hydroxylamine groups is 2. The Morgan fingerprint density at radius 3 is 2.08 bits per heavy atom. The van der Waals surface area contributed by atoms with Crippen molar-refractivity contribution in [2.75, 3.05) is 11.5 Å². The zero-order chi connectivity index (χ0) is 18.1. The lowest BCUT2D eigenvalue weighted by atomic mass is 10.1. The van der Waals surface area contributed by atoms with E-state index in [1.165, 1.54) is 18.6 Å². The Hall–Kier alpha value is -2.25. The summed E-state index contributed by atoms with van der Waals surface area (Å²) in [6.07, 6.45) is 1.22. The Labute approximate surface area is 159 Å². The van der Waals surface area contributed by atoms with Gasteiger partial charge in [0.05, 0.1) is 21.3 Å². The van der Waals surface area contributed by atoms with Gasteiger partial charge in [0.2, 0.25) is 0 Å². The van der Waals surface area contributed by atoms with Gasteiger partial charge in [-0.05, 0) is 47.8 Å². The Kier molecular flexibility index (Phi) is 4.74. The van der Waals surface area contributed by atoms with E-state index in [9.17, 15) is 14.4 Å². The first-order valence-electron chi connectivity index (χ1n) is 8.18. The lowest BCUT2D eigenvalue weighted by Crippen LogP contribution is -2.32. The first kappa shape index (κ1) is 17.2. The molecule has 1 saturated heterocycles. The number of amides is 2. The normalized spacial score (nSPS) is 17.3. The number of benzene rings is 2. The predicted octanol–water partition coefficient (Wildman–Crippen LogP) is 3.92. The minimum Gasteiger partial charge on any atom is -0.324 e. The summed E-state index contributed by atoms with van der Waals surface area (Å²) in [4.78, 5) is 41.9. The van der Waals surface area contributed by atoms with Crippen LogP contribution in [0.3, 0.4) is 0 Å². The van der Waals surface area contributed by atoms with Gasteiger partial charge in [0.15, 0.2) is 0 Å². The van der Waals surface area contributed by atoms with Gasteiger partial charge in [-0.1, -0.05) is 29.3 Å². The summed E-state index contributed by atoms with van der Waals surface area (Å²) < 4.78 is 0.380. The molecule has 2 aromatic carbocycles. The number of rotatable bonds is 3. The molecule has 0 spiro atoms. The van der Waals surface area contributed by atoms with E-state index < -0.39 is 17.8 Å². The summed E-state index contributed by atoms with van der Waals surface area (Å²) >= 11 is 3.80. The van der Waals surface area contributed by atoms with Crippen molar-refractivity contribution in [3.8, 4) is 0 Å². The molecule has 2 aromatic rings. The number of hydrogen-bond acceptors (Lipinski definition) is 6. The van der Waals surface area contributed by atoms with Crippen molar-refractivity contribution in [1.29, 1.82) is 0 Å². The number of hydrogen-bond donors (Lipinski definition) is 0. The Morgan fingerprint density at radius 1 is 0.923 bits per heavy atom. The molecule has 132 valence electrons. The molecule has 2 aliphatic rings. The van der Waals surface area contributed by atoms with Crippen LogP contribution in [0.25, 0.3) is 0 Å². The van der Waals surface area contributed by atoms with Crippen molar-refractivity contribution < 1.29 is 19.2 Å². The zero-order valence-corrected chi connectivity index (χ0v) is 15.3. The quantitative estimate of drug-likeness (QED) is 0.746.